The normalized spacial score (nSPS) is 13.3. The number of hydrogen-bond donors (Lipinski definition) is 0. The lowest BCUT2D eigenvalue weighted by molar-refractivity contribution is 1.06. The summed E-state index contributed by atoms with van der Waals surface area (Å²) in [5, 5.41) is 12.9. The van der Waals surface area contributed by atoms with Crippen LogP contribution >= 0.6 is 0 Å². The molecule has 0 radical (unpaired) electrons. The van der Waals surface area contributed by atoms with Crippen LogP contribution in [0, 0.1) is 0 Å². The first-order valence-corrected chi connectivity index (χ1v) is 17.7. The van der Waals surface area contributed by atoms with Crippen LogP contribution in [-0.2, 0) is 0 Å². The summed E-state index contributed by atoms with van der Waals surface area (Å²) in [6.45, 7) is 0. The Bertz CT molecular complexity index is 2810. The predicted molar refractivity (Wildman–Crippen MR) is 216 cm³/mol. The molecule has 0 bridgehead atoms. The van der Waals surface area contributed by atoms with Crippen LogP contribution in [0.1, 0.15) is 24.0 Å². The van der Waals surface area contributed by atoms with Gasteiger partial charge in [0.2, 0.25) is 0 Å². The third-order valence-electron chi connectivity index (χ3n) is 10.7. The molecule has 234 valence electrons. The lowest BCUT2D eigenvalue weighted by Gasteiger charge is -2.21. The number of hydrogen-bond acceptors (Lipinski definition) is 0. The zero-order valence-electron chi connectivity index (χ0n) is 27.7. The Kier molecular flexibility index (Phi) is 6.74. The molecule has 9 aromatic carbocycles. The molecule has 9 aromatic rings. The van der Waals surface area contributed by atoms with E-state index in [1.807, 2.05) is 0 Å². The molecule has 1 aliphatic rings. The van der Waals surface area contributed by atoms with Crippen molar-refractivity contribution in [2.45, 2.75) is 12.8 Å². The predicted octanol–water partition coefficient (Wildman–Crippen LogP) is 14.0. The molecule has 10 rings (SSSR count). The summed E-state index contributed by atoms with van der Waals surface area (Å²) in [7, 11) is 0. The van der Waals surface area contributed by atoms with Gasteiger partial charge in [-0.1, -0.05) is 164 Å². The first-order valence-electron chi connectivity index (χ1n) is 17.7. The van der Waals surface area contributed by atoms with E-state index in [2.05, 4.69) is 182 Å². The summed E-state index contributed by atoms with van der Waals surface area (Å²) in [5.41, 5.74) is 10.4. The minimum atomic E-state index is 1.03. The molecule has 0 aromatic heterocycles. The van der Waals surface area contributed by atoms with Crippen molar-refractivity contribution in [2.24, 2.45) is 0 Å². The first-order chi connectivity index (χ1) is 24.8. The fourth-order valence-electron chi connectivity index (χ4n) is 8.38. The van der Waals surface area contributed by atoms with Gasteiger partial charge in [0.25, 0.3) is 0 Å². The fourth-order valence-corrected chi connectivity index (χ4v) is 8.38. The molecule has 0 amide bonds. The van der Waals surface area contributed by atoms with Crippen molar-refractivity contribution in [2.75, 3.05) is 0 Å². The van der Waals surface area contributed by atoms with Crippen LogP contribution in [0.15, 0.2) is 182 Å². The van der Waals surface area contributed by atoms with E-state index in [0.717, 1.165) is 12.8 Å². The molecule has 0 spiro atoms. The third-order valence-corrected chi connectivity index (χ3v) is 10.7. The first kappa shape index (κ1) is 28.7. The third kappa shape index (κ3) is 4.68. The van der Waals surface area contributed by atoms with Gasteiger partial charge in [-0.2, -0.15) is 0 Å². The summed E-state index contributed by atoms with van der Waals surface area (Å²) in [5.74, 6) is 0. The van der Waals surface area contributed by atoms with Gasteiger partial charge in [0.1, 0.15) is 0 Å². The molecule has 0 heteroatoms. The summed E-state index contributed by atoms with van der Waals surface area (Å²) in [6.07, 6.45) is 6.98. The molecule has 0 atom stereocenters. The Morgan fingerprint density at radius 2 is 0.920 bits per heavy atom. The lowest BCUT2D eigenvalue weighted by atomic mass is 9.82. The van der Waals surface area contributed by atoms with Gasteiger partial charge in [0.15, 0.2) is 0 Å². The number of rotatable bonds is 4. The van der Waals surface area contributed by atoms with Crippen LogP contribution in [0.5, 0.6) is 0 Å². The molecule has 0 nitrogen and oxygen atoms in total. The fraction of sp³-hybridized carbons (Fsp3) is 0.0400. The second kappa shape index (κ2) is 11.7. The lowest BCUT2D eigenvalue weighted by Crippen LogP contribution is -1.97. The Balaban J connectivity index is 1.17. The Morgan fingerprint density at radius 1 is 0.340 bits per heavy atom. The van der Waals surface area contributed by atoms with E-state index in [4.69, 9.17) is 0 Å². The number of benzene rings is 9. The maximum atomic E-state index is 2.45. The second-order valence-electron chi connectivity index (χ2n) is 13.5. The van der Waals surface area contributed by atoms with Crippen molar-refractivity contribution < 1.29 is 0 Å². The maximum Gasteiger partial charge on any atom is -0.00262 e. The molecule has 1 aliphatic carbocycles. The molecule has 0 saturated carbocycles. The monoisotopic (exact) mass is 634 g/mol. The van der Waals surface area contributed by atoms with Crippen LogP contribution in [0.2, 0.25) is 0 Å². The Morgan fingerprint density at radius 3 is 1.66 bits per heavy atom. The van der Waals surface area contributed by atoms with Crippen LogP contribution in [-0.4, -0.2) is 0 Å². The molecular formula is C50H34. The summed E-state index contributed by atoms with van der Waals surface area (Å²) >= 11 is 0. The van der Waals surface area contributed by atoms with Gasteiger partial charge >= 0.3 is 0 Å². The highest BCUT2D eigenvalue weighted by Gasteiger charge is 2.20. The highest BCUT2D eigenvalue weighted by molar-refractivity contribution is 6.20. The van der Waals surface area contributed by atoms with E-state index in [0.29, 0.717) is 0 Å². The van der Waals surface area contributed by atoms with E-state index in [1.54, 1.807) is 0 Å². The Labute approximate surface area is 292 Å². The SMILES string of the molecule is C1=C(c2ccc3ccccc3c2)CCC=C1c1c2ccccc2c(-c2cccc(-c3cc4ccccc4c4ccccc34)c2)c2ccccc12. The topological polar surface area (TPSA) is 0 Å². The molecule has 0 saturated heterocycles. The van der Waals surface area contributed by atoms with Gasteiger partial charge in [-0.3, -0.25) is 0 Å². The van der Waals surface area contributed by atoms with Crippen molar-refractivity contribution in [3.05, 3.63) is 193 Å². The van der Waals surface area contributed by atoms with Crippen molar-refractivity contribution in [1.82, 2.24) is 0 Å². The van der Waals surface area contributed by atoms with Crippen molar-refractivity contribution in [3.8, 4) is 22.3 Å². The quantitative estimate of drug-likeness (QED) is 0.133. The molecule has 0 heterocycles. The minimum absolute atomic E-state index is 1.03. The van der Waals surface area contributed by atoms with E-state index in [1.165, 1.54) is 98.4 Å². The number of allylic oxidation sites excluding steroid dienone is 4. The van der Waals surface area contributed by atoms with Gasteiger partial charge < -0.3 is 0 Å². The van der Waals surface area contributed by atoms with Gasteiger partial charge in [0, 0.05) is 0 Å². The highest BCUT2D eigenvalue weighted by atomic mass is 14.2. The number of fused-ring (bicyclic) bond motifs is 6. The molecular weight excluding hydrogens is 601 g/mol. The summed E-state index contributed by atoms with van der Waals surface area (Å²) in [4.78, 5) is 0. The summed E-state index contributed by atoms with van der Waals surface area (Å²) < 4.78 is 0. The maximum absolute atomic E-state index is 2.45. The highest BCUT2D eigenvalue weighted by Crippen LogP contribution is 2.45. The van der Waals surface area contributed by atoms with Gasteiger partial charge in [-0.25, -0.2) is 0 Å². The van der Waals surface area contributed by atoms with Crippen LogP contribution < -0.4 is 0 Å². The van der Waals surface area contributed by atoms with E-state index in [-0.39, 0.29) is 0 Å². The van der Waals surface area contributed by atoms with Crippen LogP contribution in [0.4, 0.5) is 0 Å². The van der Waals surface area contributed by atoms with Crippen molar-refractivity contribution in [3.63, 3.8) is 0 Å². The van der Waals surface area contributed by atoms with E-state index < -0.39 is 0 Å². The van der Waals surface area contributed by atoms with Gasteiger partial charge in [-0.05, 0) is 129 Å². The molecule has 0 unspecified atom stereocenters. The van der Waals surface area contributed by atoms with E-state index in [9.17, 15) is 0 Å². The molecule has 0 fully saturated rings. The second-order valence-corrected chi connectivity index (χ2v) is 13.5. The minimum Gasteiger partial charge on any atom is -0.0763 e. The van der Waals surface area contributed by atoms with Crippen molar-refractivity contribution in [1.29, 1.82) is 0 Å². The van der Waals surface area contributed by atoms with Crippen LogP contribution in [0.25, 0.3) is 87.3 Å². The average Bonchev–Trinajstić information content (AvgIpc) is 3.19. The standard InChI is InChI=1S/C50H34/c1-2-14-34-29-36(28-27-33(34)13-1)35-16-11-18-39(30-35)49-44-23-7-9-25-46(44)50(47-26-10-8-24-45(47)49)40-19-12-17-37(31-40)48-32-38-15-3-4-20-41(38)42-21-5-6-22-43(42)48/h1-10,12-15,17-32H,11,16H2. The van der Waals surface area contributed by atoms with Gasteiger partial charge in [0.05, 0.1) is 0 Å². The molecule has 0 aliphatic heterocycles. The largest absolute Gasteiger partial charge is 0.0763 e. The molecule has 0 N–H and O–H groups in total. The zero-order valence-corrected chi connectivity index (χ0v) is 27.7. The van der Waals surface area contributed by atoms with Crippen molar-refractivity contribution >= 4 is 65.0 Å². The average molecular weight is 635 g/mol. The smallest absolute Gasteiger partial charge is 0.00262 e. The molecule has 50 heavy (non-hydrogen) atoms. The van der Waals surface area contributed by atoms with E-state index >= 15 is 0 Å². The van der Waals surface area contributed by atoms with Gasteiger partial charge in [-0.15, -0.1) is 0 Å². The summed E-state index contributed by atoms with van der Waals surface area (Å²) in [6, 6.07) is 62.7. The van der Waals surface area contributed by atoms with Crippen LogP contribution in [0.3, 0.4) is 0 Å². The zero-order chi connectivity index (χ0) is 33.0. The Hall–Kier alpha value is -6.24.